The normalized spacial score (nSPS) is 10.1. The smallest absolute Gasteiger partial charge is 0.0383 e. The van der Waals surface area contributed by atoms with E-state index >= 15 is 0 Å². The van der Waals surface area contributed by atoms with Crippen LogP contribution in [0.25, 0.3) is 0 Å². The van der Waals surface area contributed by atoms with Crippen LogP contribution in [0.4, 0.5) is 0 Å². The molecule has 1 rings (SSSR count). The van der Waals surface area contributed by atoms with Gasteiger partial charge in [-0.15, -0.1) is 0 Å². The average Bonchev–Trinajstić information content (AvgIpc) is 2.04. The summed E-state index contributed by atoms with van der Waals surface area (Å²) >= 11 is 4.18. The molecule has 0 aromatic heterocycles. The van der Waals surface area contributed by atoms with Gasteiger partial charge >= 0.3 is 0 Å². The summed E-state index contributed by atoms with van der Waals surface area (Å²) in [7, 11) is 0. The summed E-state index contributed by atoms with van der Waals surface area (Å²) in [4.78, 5) is 0.940. The van der Waals surface area contributed by atoms with Crippen LogP contribution in [0, 0.1) is 0 Å². The van der Waals surface area contributed by atoms with Crippen LogP contribution in [0.5, 0.6) is 0 Å². The lowest BCUT2D eigenvalue weighted by atomic mass is 10.2. The number of aryl methyl sites for hydroxylation is 1. The van der Waals surface area contributed by atoms with Crippen LogP contribution in [0.3, 0.4) is 0 Å². The van der Waals surface area contributed by atoms with E-state index in [1.807, 2.05) is 18.2 Å². The highest BCUT2D eigenvalue weighted by Crippen LogP contribution is 2.23. The van der Waals surface area contributed by atoms with Gasteiger partial charge in [0, 0.05) is 21.4 Å². The molecule has 0 fully saturated rings. The van der Waals surface area contributed by atoms with Crippen molar-refractivity contribution in [1.29, 1.82) is 0 Å². The molecular formula is C8H9BrOS. The predicted molar refractivity (Wildman–Crippen MR) is 52.0 cm³/mol. The standard InChI is InChI=1S/C8H9BrOS/c1-2-6-5-7(9)3-4-8(6)11-10/h3-5,10H,2H2,1H3. The number of rotatable bonds is 2. The van der Waals surface area contributed by atoms with Crippen LogP contribution >= 0.6 is 28.0 Å². The molecule has 0 heterocycles. The van der Waals surface area contributed by atoms with Gasteiger partial charge in [-0.2, -0.15) is 0 Å². The number of hydrogen-bond donors (Lipinski definition) is 1. The van der Waals surface area contributed by atoms with Gasteiger partial charge in [-0.3, -0.25) is 0 Å². The number of benzene rings is 1. The Hall–Kier alpha value is 0.01000. The molecule has 60 valence electrons. The first-order chi connectivity index (χ1) is 5.27. The van der Waals surface area contributed by atoms with E-state index < -0.39 is 0 Å². The van der Waals surface area contributed by atoms with E-state index in [1.165, 1.54) is 5.56 Å². The van der Waals surface area contributed by atoms with Gasteiger partial charge in [0.1, 0.15) is 0 Å². The molecule has 0 radical (unpaired) electrons. The van der Waals surface area contributed by atoms with E-state index in [0.717, 1.165) is 27.8 Å². The van der Waals surface area contributed by atoms with Crippen LogP contribution in [-0.4, -0.2) is 4.55 Å². The molecule has 11 heavy (non-hydrogen) atoms. The fourth-order valence-electron chi connectivity index (χ4n) is 0.913. The fraction of sp³-hybridized carbons (Fsp3) is 0.250. The monoisotopic (exact) mass is 232 g/mol. The lowest BCUT2D eigenvalue weighted by molar-refractivity contribution is 0.662. The van der Waals surface area contributed by atoms with Gasteiger partial charge in [0.2, 0.25) is 0 Å². The van der Waals surface area contributed by atoms with Crippen molar-refractivity contribution in [3.05, 3.63) is 28.2 Å². The zero-order chi connectivity index (χ0) is 8.27. The largest absolute Gasteiger partial charge is 0.325 e. The fourth-order valence-corrected chi connectivity index (χ4v) is 1.77. The number of hydrogen-bond acceptors (Lipinski definition) is 2. The summed E-state index contributed by atoms with van der Waals surface area (Å²) < 4.78 is 9.90. The second kappa shape index (κ2) is 4.14. The van der Waals surface area contributed by atoms with E-state index in [2.05, 4.69) is 22.9 Å². The summed E-state index contributed by atoms with van der Waals surface area (Å²) in [5.74, 6) is 0. The van der Waals surface area contributed by atoms with Crippen LogP contribution < -0.4 is 0 Å². The maximum atomic E-state index is 8.84. The minimum Gasteiger partial charge on any atom is -0.325 e. The minimum absolute atomic E-state index is 0.808. The first kappa shape index (κ1) is 9.10. The third-order valence-electron chi connectivity index (χ3n) is 1.50. The van der Waals surface area contributed by atoms with Crippen LogP contribution in [0.2, 0.25) is 0 Å². The third kappa shape index (κ3) is 2.22. The van der Waals surface area contributed by atoms with Crippen molar-refractivity contribution in [2.24, 2.45) is 0 Å². The Balaban J connectivity index is 3.06. The van der Waals surface area contributed by atoms with Gasteiger partial charge in [0.15, 0.2) is 0 Å². The Morgan fingerprint density at radius 3 is 2.82 bits per heavy atom. The van der Waals surface area contributed by atoms with Gasteiger partial charge in [-0.05, 0) is 30.2 Å². The Labute approximate surface area is 79.2 Å². The Kier molecular flexibility index (Phi) is 3.43. The quantitative estimate of drug-likeness (QED) is 0.788. The van der Waals surface area contributed by atoms with Crippen molar-refractivity contribution in [1.82, 2.24) is 0 Å². The molecule has 0 spiro atoms. The SMILES string of the molecule is CCc1cc(Br)ccc1SO. The molecule has 0 aliphatic rings. The third-order valence-corrected chi connectivity index (χ3v) is 2.59. The lowest BCUT2D eigenvalue weighted by Gasteiger charge is -2.02. The Morgan fingerprint density at radius 2 is 2.27 bits per heavy atom. The molecule has 0 aliphatic carbocycles. The summed E-state index contributed by atoms with van der Waals surface area (Å²) in [6, 6.07) is 5.86. The topological polar surface area (TPSA) is 20.2 Å². The maximum Gasteiger partial charge on any atom is 0.0383 e. The molecule has 0 bridgehead atoms. The van der Waals surface area contributed by atoms with Crippen LogP contribution in [0.1, 0.15) is 12.5 Å². The summed E-state index contributed by atoms with van der Waals surface area (Å²) in [5, 5.41) is 0. The van der Waals surface area contributed by atoms with E-state index in [-0.39, 0.29) is 0 Å². The minimum atomic E-state index is 0.808. The van der Waals surface area contributed by atoms with Gasteiger partial charge in [-0.1, -0.05) is 22.9 Å². The van der Waals surface area contributed by atoms with E-state index in [4.69, 9.17) is 4.55 Å². The van der Waals surface area contributed by atoms with Gasteiger partial charge in [0.05, 0.1) is 0 Å². The van der Waals surface area contributed by atoms with Crippen molar-refractivity contribution >= 4 is 28.0 Å². The van der Waals surface area contributed by atoms with Crippen molar-refractivity contribution in [2.75, 3.05) is 0 Å². The van der Waals surface area contributed by atoms with Crippen molar-refractivity contribution in [3.8, 4) is 0 Å². The molecule has 3 heteroatoms. The summed E-state index contributed by atoms with van der Waals surface area (Å²) in [6.45, 7) is 2.07. The average molecular weight is 233 g/mol. The van der Waals surface area contributed by atoms with Crippen molar-refractivity contribution in [3.63, 3.8) is 0 Å². The first-order valence-electron chi connectivity index (χ1n) is 3.37. The molecule has 1 aromatic rings. The van der Waals surface area contributed by atoms with Crippen LogP contribution in [0.15, 0.2) is 27.6 Å². The molecule has 0 unspecified atom stereocenters. The van der Waals surface area contributed by atoms with Crippen molar-refractivity contribution in [2.45, 2.75) is 18.2 Å². The zero-order valence-electron chi connectivity index (χ0n) is 6.17. The van der Waals surface area contributed by atoms with E-state index in [1.54, 1.807) is 0 Å². The Bertz CT molecular complexity index is 250. The first-order valence-corrected chi connectivity index (χ1v) is 4.94. The molecule has 0 saturated carbocycles. The summed E-state index contributed by atoms with van der Waals surface area (Å²) in [6.07, 6.45) is 0.947. The molecular weight excluding hydrogens is 224 g/mol. The van der Waals surface area contributed by atoms with Crippen molar-refractivity contribution < 1.29 is 4.55 Å². The molecule has 1 aromatic carbocycles. The molecule has 0 amide bonds. The zero-order valence-corrected chi connectivity index (χ0v) is 8.58. The predicted octanol–water partition coefficient (Wildman–Crippen LogP) is 3.58. The molecule has 0 saturated heterocycles. The molecule has 0 aliphatic heterocycles. The highest BCUT2D eigenvalue weighted by molar-refractivity contribution is 9.10. The number of halogens is 1. The highest BCUT2D eigenvalue weighted by atomic mass is 79.9. The second-order valence-electron chi connectivity index (χ2n) is 2.20. The van der Waals surface area contributed by atoms with E-state index in [9.17, 15) is 0 Å². The maximum absolute atomic E-state index is 8.84. The highest BCUT2D eigenvalue weighted by Gasteiger charge is 1.99. The van der Waals surface area contributed by atoms with Gasteiger partial charge in [0.25, 0.3) is 0 Å². The summed E-state index contributed by atoms with van der Waals surface area (Å²) in [5.41, 5.74) is 1.17. The van der Waals surface area contributed by atoms with E-state index in [0.29, 0.717) is 0 Å². The Morgan fingerprint density at radius 1 is 1.55 bits per heavy atom. The van der Waals surface area contributed by atoms with Gasteiger partial charge < -0.3 is 4.55 Å². The van der Waals surface area contributed by atoms with Crippen LogP contribution in [-0.2, 0) is 6.42 Å². The molecule has 1 nitrogen and oxygen atoms in total. The molecule has 1 N–H and O–H groups in total. The second-order valence-corrected chi connectivity index (χ2v) is 3.73. The lowest BCUT2D eigenvalue weighted by Crippen LogP contribution is -1.83. The van der Waals surface area contributed by atoms with Gasteiger partial charge in [-0.25, -0.2) is 0 Å². The molecule has 0 atom stereocenters.